The second-order valence-corrected chi connectivity index (χ2v) is 8.10. The quantitative estimate of drug-likeness (QED) is 0.844. The van der Waals surface area contributed by atoms with Crippen molar-refractivity contribution in [1.29, 1.82) is 0 Å². The molecule has 138 valence electrons. The van der Waals surface area contributed by atoms with E-state index in [0.29, 0.717) is 30.1 Å². The molecule has 6 heteroatoms. The molecular weight excluding hydrogens is 328 g/mol. The SMILES string of the molecule is CC(C)CN1CC2(CCN(c3nc(-c4ccccc4)no3)CC2)CC1=O. The van der Waals surface area contributed by atoms with Gasteiger partial charge < -0.3 is 14.3 Å². The van der Waals surface area contributed by atoms with E-state index in [2.05, 4.69) is 33.8 Å². The van der Waals surface area contributed by atoms with Gasteiger partial charge in [-0.05, 0) is 18.8 Å². The highest BCUT2D eigenvalue weighted by Crippen LogP contribution is 2.42. The third-order valence-electron chi connectivity index (χ3n) is 5.53. The van der Waals surface area contributed by atoms with Crippen LogP contribution in [-0.4, -0.2) is 47.1 Å². The lowest BCUT2D eigenvalue weighted by Gasteiger charge is -2.38. The van der Waals surface area contributed by atoms with Crippen molar-refractivity contribution in [2.45, 2.75) is 33.1 Å². The summed E-state index contributed by atoms with van der Waals surface area (Å²) >= 11 is 0. The maximum absolute atomic E-state index is 12.4. The minimum Gasteiger partial charge on any atom is -0.342 e. The number of piperidine rings is 1. The van der Waals surface area contributed by atoms with E-state index in [-0.39, 0.29) is 5.41 Å². The van der Waals surface area contributed by atoms with Crippen molar-refractivity contribution < 1.29 is 9.32 Å². The predicted molar refractivity (Wildman–Crippen MR) is 99.6 cm³/mol. The topological polar surface area (TPSA) is 62.5 Å². The van der Waals surface area contributed by atoms with Crippen LogP contribution < -0.4 is 4.90 Å². The molecule has 4 rings (SSSR count). The number of carbonyl (C=O) groups is 1. The number of hydrogen-bond donors (Lipinski definition) is 0. The van der Waals surface area contributed by atoms with Crippen LogP contribution in [0.15, 0.2) is 34.9 Å². The van der Waals surface area contributed by atoms with Crippen LogP contribution >= 0.6 is 0 Å². The number of aromatic nitrogens is 2. The molecular formula is C20H26N4O2. The highest BCUT2D eigenvalue weighted by Gasteiger charge is 2.45. The summed E-state index contributed by atoms with van der Waals surface area (Å²) in [6, 6.07) is 10.5. The van der Waals surface area contributed by atoms with Gasteiger partial charge in [-0.1, -0.05) is 49.3 Å². The molecule has 0 N–H and O–H groups in total. The molecule has 3 heterocycles. The maximum atomic E-state index is 12.4. The van der Waals surface area contributed by atoms with Crippen LogP contribution in [0.1, 0.15) is 33.1 Å². The Kier molecular flexibility index (Phi) is 4.42. The van der Waals surface area contributed by atoms with Crippen molar-refractivity contribution in [2.24, 2.45) is 11.3 Å². The molecule has 6 nitrogen and oxygen atoms in total. The van der Waals surface area contributed by atoms with Gasteiger partial charge in [0.05, 0.1) is 0 Å². The molecule has 0 aliphatic carbocycles. The molecule has 2 fully saturated rings. The molecule has 0 radical (unpaired) electrons. The van der Waals surface area contributed by atoms with E-state index in [9.17, 15) is 4.79 Å². The first-order valence-electron chi connectivity index (χ1n) is 9.47. The van der Waals surface area contributed by atoms with Crippen molar-refractivity contribution in [3.05, 3.63) is 30.3 Å². The lowest BCUT2D eigenvalue weighted by atomic mass is 9.78. The van der Waals surface area contributed by atoms with Gasteiger partial charge in [-0.3, -0.25) is 4.79 Å². The smallest absolute Gasteiger partial charge is 0.324 e. The Morgan fingerprint density at radius 2 is 1.92 bits per heavy atom. The minimum absolute atomic E-state index is 0.130. The van der Waals surface area contributed by atoms with Crippen molar-refractivity contribution in [3.8, 4) is 11.4 Å². The van der Waals surface area contributed by atoms with E-state index >= 15 is 0 Å². The van der Waals surface area contributed by atoms with Gasteiger partial charge in [-0.25, -0.2) is 0 Å². The van der Waals surface area contributed by atoms with Gasteiger partial charge in [0.15, 0.2) is 0 Å². The second kappa shape index (κ2) is 6.74. The molecule has 2 aliphatic rings. The second-order valence-electron chi connectivity index (χ2n) is 8.10. The van der Waals surface area contributed by atoms with Gasteiger partial charge in [-0.2, -0.15) is 4.98 Å². The summed E-state index contributed by atoms with van der Waals surface area (Å²) in [4.78, 5) is 21.1. The van der Waals surface area contributed by atoms with Crippen LogP contribution in [0.4, 0.5) is 6.01 Å². The zero-order valence-electron chi connectivity index (χ0n) is 15.5. The third kappa shape index (κ3) is 3.32. The molecule has 0 saturated carbocycles. The molecule has 1 aromatic carbocycles. The number of nitrogens with zero attached hydrogens (tertiary/aromatic N) is 4. The highest BCUT2D eigenvalue weighted by molar-refractivity contribution is 5.79. The van der Waals surface area contributed by atoms with Gasteiger partial charge in [0.2, 0.25) is 11.7 Å². The normalized spacial score (nSPS) is 19.7. The molecule has 2 aliphatic heterocycles. The molecule has 1 amide bonds. The molecule has 1 aromatic heterocycles. The lowest BCUT2D eigenvalue weighted by molar-refractivity contribution is -0.128. The fourth-order valence-electron chi connectivity index (χ4n) is 4.14. The first kappa shape index (κ1) is 17.1. The summed E-state index contributed by atoms with van der Waals surface area (Å²) in [7, 11) is 0. The van der Waals surface area contributed by atoms with Gasteiger partial charge >= 0.3 is 6.01 Å². The van der Waals surface area contributed by atoms with E-state index in [1.165, 1.54) is 0 Å². The van der Waals surface area contributed by atoms with Crippen molar-refractivity contribution in [2.75, 3.05) is 31.1 Å². The van der Waals surface area contributed by atoms with E-state index in [4.69, 9.17) is 4.52 Å². The fraction of sp³-hybridized carbons (Fsp3) is 0.550. The van der Waals surface area contributed by atoms with E-state index < -0.39 is 0 Å². The highest BCUT2D eigenvalue weighted by atomic mass is 16.5. The zero-order chi connectivity index (χ0) is 18.1. The standard InChI is InChI=1S/C20H26N4O2/c1-15(2)13-24-14-20(12-17(24)25)8-10-23(11-9-20)19-21-18(22-26-19)16-6-4-3-5-7-16/h3-7,15H,8-14H2,1-2H3. The predicted octanol–water partition coefficient (Wildman–Crippen LogP) is 3.21. The zero-order valence-corrected chi connectivity index (χ0v) is 15.5. The number of carbonyl (C=O) groups excluding carboxylic acids is 1. The first-order valence-corrected chi connectivity index (χ1v) is 9.47. The van der Waals surface area contributed by atoms with Gasteiger partial charge in [0.1, 0.15) is 0 Å². The Hall–Kier alpha value is -2.37. The number of benzene rings is 1. The molecule has 1 spiro atoms. The summed E-state index contributed by atoms with van der Waals surface area (Å²) < 4.78 is 5.49. The van der Waals surface area contributed by atoms with Crippen molar-refractivity contribution in [3.63, 3.8) is 0 Å². The number of amides is 1. The minimum atomic E-state index is 0.130. The summed E-state index contributed by atoms with van der Waals surface area (Å²) in [5, 5.41) is 4.12. The summed E-state index contributed by atoms with van der Waals surface area (Å²) in [6.45, 7) is 7.82. The first-order chi connectivity index (χ1) is 12.5. The average molecular weight is 354 g/mol. The lowest BCUT2D eigenvalue weighted by Crippen LogP contribution is -2.42. The Labute approximate surface area is 154 Å². The molecule has 0 unspecified atom stereocenters. The van der Waals surface area contributed by atoms with Gasteiger partial charge in [-0.15, -0.1) is 0 Å². The number of likely N-dealkylation sites (tertiary alicyclic amines) is 1. The average Bonchev–Trinajstić information content (AvgIpc) is 3.22. The van der Waals surface area contributed by atoms with Gasteiger partial charge in [0, 0.05) is 43.6 Å². The summed E-state index contributed by atoms with van der Waals surface area (Å²) in [5.41, 5.74) is 1.09. The molecule has 0 bridgehead atoms. The number of hydrogen-bond acceptors (Lipinski definition) is 5. The fourth-order valence-corrected chi connectivity index (χ4v) is 4.14. The van der Waals surface area contributed by atoms with E-state index in [1.54, 1.807) is 0 Å². The Morgan fingerprint density at radius 3 is 2.62 bits per heavy atom. The van der Waals surface area contributed by atoms with Crippen molar-refractivity contribution in [1.82, 2.24) is 15.0 Å². The Balaban J connectivity index is 1.40. The van der Waals surface area contributed by atoms with Crippen LogP contribution in [0.25, 0.3) is 11.4 Å². The molecule has 26 heavy (non-hydrogen) atoms. The Morgan fingerprint density at radius 1 is 1.19 bits per heavy atom. The number of rotatable bonds is 4. The van der Waals surface area contributed by atoms with Gasteiger partial charge in [0.25, 0.3) is 0 Å². The van der Waals surface area contributed by atoms with Crippen LogP contribution in [0.3, 0.4) is 0 Å². The van der Waals surface area contributed by atoms with E-state index in [1.807, 2.05) is 30.3 Å². The van der Waals surface area contributed by atoms with Crippen LogP contribution in [0.5, 0.6) is 0 Å². The number of anilines is 1. The largest absolute Gasteiger partial charge is 0.342 e. The van der Waals surface area contributed by atoms with Crippen LogP contribution in [0, 0.1) is 11.3 Å². The monoisotopic (exact) mass is 354 g/mol. The van der Waals surface area contributed by atoms with Crippen LogP contribution in [-0.2, 0) is 4.79 Å². The summed E-state index contributed by atoms with van der Waals surface area (Å²) in [6.07, 6.45) is 2.68. The molecule has 0 atom stereocenters. The summed E-state index contributed by atoms with van der Waals surface area (Å²) in [5.74, 6) is 1.46. The van der Waals surface area contributed by atoms with E-state index in [0.717, 1.165) is 44.6 Å². The van der Waals surface area contributed by atoms with Crippen molar-refractivity contribution >= 4 is 11.9 Å². The molecule has 2 aromatic rings. The maximum Gasteiger partial charge on any atom is 0.324 e. The van der Waals surface area contributed by atoms with Crippen LogP contribution in [0.2, 0.25) is 0 Å². The third-order valence-corrected chi connectivity index (χ3v) is 5.53. The Bertz CT molecular complexity index is 763. The molecule has 2 saturated heterocycles.